The molecule has 0 radical (unpaired) electrons. The van der Waals surface area contributed by atoms with Crippen molar-refractivity contribution in [3.05, 3.63) is 0 Å². The summed E-state index contributed by atoms with van der Waals surface area (Å²) < 4.78 is 22.1. The molecule has 178 valence electrons. The van der Waals surface area contributed by atoms with Crippen molar-refractivity contribution in [2.75, 3.05) is 6.61 Å². The summed E-state index contributed by atoms with van der Waals surface area (Å²) in [5.41, 5.74) is 5.93. The Morgan fingerprint density at radius 2 is 1.84 bits per heavy atom. The molecule has 0 heterocycles. The minimum atomic E-state index is -1.02. The lowest BCUT2D eigenvalue weighted by molar-refractivity contribution is -0.172. The van der Waals surface area contributed by atoms with Gasteiger partial charge in [0.05, 0.1) is 18.1 Å². The molecular weight excluding hydrogens is 398 g/mol. The zero-order valence-corrected chi connectivity index (χ0v) is 19.8. The van der Waals surface area contributed by atoms with Gasteiger partial charge in [0.2, 0.25) is 6.29 Å². The van der Waals surface area contributed by atoms with Crippen LogP contribution in [0.4, 0.5) is 4.79 Å². The van der Waals surface area contributed by atoms with Crippen LogP contribution in [0.15, 0.2) is 0 Å². The van der Waals surface area contributed by atoms with E-state index in [2.05, 4.69) is 27.7 Å². The molecule has 0 aromatic carbocycles. The second kappa shape index (κ2) is 10.1. The molecule has 7 heteroatoms. The first kappa shape index (κ1) is 24.3. The summed E-state index contributed by atoms with van der Waals surface area (Å²) in [6.07, 6.45) is 3.89. The number of ether oxygens (including phenoxy) is 4. The molecule has 8 atom stereocenters. The maximum atomic E-state index is 12.6. The van der Waals surface area contributed by atoms with Crippen LogP contribution >= 0.6 is 0 Å². The molecule has 0 saturated heterocycles. The van der Waals surface area contributed by atoms with Gasteiger partial charge in [0.1, 0.15) is 6.10 Å². The Hall–Kier alpha value is -1.34. The van der Waals surface area contributed by atoms with Crippen LogP contribution in [-0.4, -0.2) is 42.8 Å². The number of hydrogen-bond donors (Lipinski definition) is 1. The second-order valence-electron chi connectivity index (χ2n) is 10.4. The first-order chi connectivity index (χ1) is 14.6. The van der Waals surface area contributed by atoms with Gasteiger partial charge in [-0.25, -0.2) is 4.79 Å². The van der Waals surface area contributed by atoms with Gasteiger partial charge >= 0.3 is 12.1 Å². The molecule has 0 spiro atoms. The molecule has 3 aliphatic rings. The molecule has 0 aliphatic heterocycles. The van der Waals surface area contributed by atoms with Gasteiger partial charge < -0.3 is 24.7 Å². The molecule has 0 aromatic heterocycles. The van der Waals surface area contributed by atoms with E-state index in [1.54, 1.807) is 0 Å². The van der Waals surface area contributed by atoms with Gasteiger partial charge in [-0.1, -0.05) is 34.1 Å². The van der Waals surface area contributed by atoms with Crippen molar-refractivity contribution in [2.45, 2.75) is 104 Å². The van der Waals surface area contributed by atoms with Gasteiger partial charge in [0.25, 0.3) is 0 Å². The lowest BCUT2D eigenvalue weighted by Crippen LogP contribution is -2.53. The van der Waals surface area contributed by atoms with Crippen LogP contribution in [-0.2, 0) is 23.7 Å². The number of carbonyl (C=O) groups excluding carboxylic acids is 2. The first-order valence-corrected chi connectivity index (χ1v) is 12.1. The van der Waals surface area contributed by atoms with Crippen LogP contribution in [0.3, 0.4) is 0 Å². The predicted molar refractivity (Wildman–Crippen MR) is 116 cm³/mol. The molecule has 7 nitrogen and oxygen atoms in total. The normalized spacial score (nSPS) is 37.8. The Morgan fingerprint density at radius 1 is 1.10 bits per heavy atom. The molecule has 0 bridgehead atoms. The van der Waals surface area contributed by atoms with E-state index in [1.165, 1.54) is 6.92 Å². The summed E-state index contributed by atoms with van der Waals surface area (Å²) in [7, 11) is 0. The van der Waals surface area contributed by atoms with Gasteiger partial charge in [-0.3, -0.25) is 4.79 Å². The SMILES string of the molecule is CCCO[C@@H]1C[C@H]2C[C@H]2[C@]1(N)CC(=O)OC(C)OC(=O)O[C@H]1C[C@@H](C)CC[C@@H]1C(C)C. The van der Waals surface area contributed by atoms with E-state index in [1.807, 2.05) is 0 Å². The van der Waals surface area contributed by atoms with E-state index in [0.717, 1.165) is 38.5 Å². The number of rotatable bonds is 9. The Morgan fingerprint density at radius 3 is 2.52 bits per heavy atom. The highest BCUT2D eigenvalue weighted by Crippen LogP contribution is 2.58. The number of nitrogens with two attached hydrogens (primary N) is 1. The standard InChI is InChI=1S/C24H41NO6/c1-6-9-28-21-12-17-11-19(17)24(21,25)13-22(26)29-16(5)30-23(27)31-20-10-15(4)7-8-18(20)14(2)3/h14-21H,6-13,25H2,1-5H3/t15-,16?,17+,18+,19+,20-,21+,24+/m0/s1. The van der Waals surface area contributed by atoms with Crippen molar-refractivity contribution in [1.82, 2.24) is 0 Å². The number of fused-ring (bicyclic) bond motifs is 1. The summed E-state index contributed by atoms with van der Waals surface area (Å²) in [6.45, 7) is 10.7. The summed E-state index contributed by atoms with van der Waals surface area (Å²) in [5, 5.41) is 0. The third-order valence-corrected chi connectivity index (χ3v) is 7.47. The smallest absolute Gasteiger partial charge is 0.431 e. The van der Waals surface area contributed by atoms with Crippen molar-refractivity contribution in [3.63, 3.8) is 0 Å². The molecule has 3 fully saturated rings. The fourth-order valence-corrected chi connectivity index (χ4v) is 5.67. The summed E-state index contributed by atoms with van der Waals surface area (Å²) >= 11 is 0. The Balaban J connectivity index is 1.47. The average Bonchev–Trinajstić information content (AvgIpc) is 3.39. The fourth-order valence-electron chi connectivity index (χ4n) is 5.67. The van der Waals surface area contributed by atoms with Crippen molar-refractivity contribution in [1.29, 1.82) is 0 Å². The molecule has 0 amide bonds. The number of esters is 1. The largest absolute Gasteiger partial charge is 0.511 e. The highest BCUT2D eigenvalue weighted by molar-refractivity contribution is 5.72. The van der Waals surface area contributed by atoms with Crippen molar-refractivity contribution >= 4 is 12.1 Å². The molecule has 3 rings (SSSR count). The molecule has 3 saturated carbocycles. The maximum absolute atomic E-state index is 12.6. The quantitative estimate of drug-likeness (QED) is 0.420. The highest BCUT2D eigenvalue weighted by atomic mass is 16.8. The Labute approximate surface area is 186 Å². The van der Waals surface area contributed by atoms with Crippen molar-refractivity contribution in [3.8, 4) is 0 Å². The first-order valence-electron chi connectivity index (χ1n) is 12.1. The van der Waals surface area contributed by atoms with Gasteiger partial charge in [-0.15, -0.1) is 0 Å². The Kier molecular flexibility index (Phi) is 7.90. The van der Waals surface area contributed by atoms with Crippen molar-refractivity contribution < 1.29 is 28.5 Å². The van der Waals surface area contributed by atoms with Gasteiger partial charge in [-0.2, -0.15) is 0 Å². The third-order valence-electron chi connectivity index (χ3n) is 7.47. The van der Waals surface area contributed by atoms with Gasteiger partial charge in [-0.05, 0) is 61.7 Å². The number of carbonyl (C=O) groups is 2. The minimum absolute atomic E-state index is 0.0703. The van der Waals surface area contributed by atoms with E-state index in [9.17, 15) is 9.59 Å². The second-order valence-corrected chi connectivity index (χ2v) is 10.4. The lowest BCUT2D eigenvalue weighted by Gasteiger charge is -2.36. The maximum Gasteiger partial charge on any atom is 0.511 e. The van der Waals surface area contributed by atoms with Crippen LogP contribution in [0.25, 0.3) is 0 Å². The fraction of sp³-hybridized carbons (Fsp3) is 0.917. The average molecular weight is 440 g/mol. The molecular formula is C24H41NO6. The summed E-state index contributed by atoms with van der Waals surface area (Å²) in [5.74, 6) is 1.67. The summed E-state index contributed by atoms with van der Waals surface area (Å²) in [6, 6.07) is 0. The van der Waals surface area contributed by atoms with E-state index in [0.29, 0.717) is 36.2 Å². The summed E-state index contributed by atoms with van der Waals surface area (Å²) in [4.78, 5) is 24.9. The number of hydrogen-bond acceptors (Lipinski definition) is 7. The lowest BCUT2D eigenvalue weighted by atomic mass is 9.75. The van der Waals surface area contributed by atoms with Crippen LogP contribution in [0.1, 0.15) is 79.6 Å². The van der Waals surface area contributed by atoms with E-state index in [4.69, 9.17) is 24.7 Å². The molecule has 0 aromatic rings. The minimum Gasteiger partial charge on any atom is -0.431 e. The van der Waals surface area contributed by atoms with E-state index in [-0.39, 0.29) is 18.6 Å². The van der Waals surface area contributed by atoms with E-state index < -0.39 is 24.0 Å². The monoisotopic (exact) mass is 439 g/mol. The predicted octanol–water partition coefficient (Wildman–Crippen LogP) is 4.41. The Bertz CT molecular complexity index is 640. The van der Waals surface area contributed by atoms with Crippen molar-refractivity contribution in [2.24, 2.45) is 35.3 Å². The zero-order valence-electron chi connectivity index (χ0n) is 19.8. The van der Waals surface area contributed by atoms with Crippen LogP contribution < -0.4 is 5.73 Å². The van der Waals surface area contributed by atoms with E-state index >= 15 is 0 Å². The molecule has 31 heavy (non-hydrogen) atoms. The van der Waals surface area contributed by atoms with Gasteiger partial charge in [0, 0.05) is 13.5 Å². The third kappa shape index (κ3) is 5.92. The molecule has 1 unspecified atom stereocenters. The molecule has 2 N–H and O–H groups in total. The topological polar surface area (TPSA) is 97.1 Å². The van der Waals surface area contributed by atoms with Crippen LogP contribution in [0, 0.1) is 29.6 Å². The zero-order chi connectivity index (χ0) is 22.8. The van der Waals surface area contributed by atoms with Crippen LogP contribution in [0.2, 0.25) is 0 Å². The molecule has 3 aliphatic carbocycles. The van der Waals surface area contributed by atoms with Gasteiger partial charge in [0.15, 0.2) is 0 Å². The highest BCUT2D eigenvalue weighted by Gasteiger charge is 2.62. The van der Waals surface area contributed by atoms with Crippen LogP contribution in [0.5, 0.6) is 0 Å².